The predicted octanol–water partition coefficient (Wildman–Crippen LogP) is 1.52. The number of nitrogens with two attached hydrogens (primary N) is 1. The molecule has 29 heavy (non-hydrogen) atoms. The number of amides is 1. The number of aromatic nitrogens is 4. The lowest BCUT2D eigenvalue weighted by molar-refractivity contribution is 0.136. The van der Waals surface area contributed by atoms with Crippen molar-refractivity contribution >= 4 is 16.1 Å². The average Bonchev–Trinajstić information content (AvgIpc) is 3.36. The van der Waals surface area contributed by atoms with E-state index in [0.29, 0.717) is 11.1 Å². The molecule has 2 heterocycles. The fourth-order valence-electron chi connectivity index (χ4n) is 3.25. The number of ether oxygens (including phenoxy) is 1. The first-order valence-corrected chi connectivity index (χ1v) is 10.0. The molecule has 1 aromatic heterocycles. The second-order valence-corrected chi connectivity index (χ2v) is 7.84. The Morgan fingerprint density at radius 3 is 2.55 bits per heavy atom. The zero-order valence-corrected chi connectivity index (χ0v) is 15.8. The van der Waals surface area contributed by atoms with Gasteiger partial charge in [0.1, 0.15) is 0 Å². The second kappa shape index (κ2) is 7.11. The van der Waals surface area contributed by atoms with Crippen molar-refractivity contribution in [2.45, 2.75) is 17.0 Å². The Labute approximate surface area is 165 Å². The van der Waals surface area contributed by atoms with Gasteiger partial charge in [0.2, 0.25) is 15.8 Å². The molecule has 0 saturated carbocycles. The van der Waals surface area contributed by atoms with Crippen LogP contribution >= 0.6 is 0 Å². The van der Waals surface area contributed by atoms with Crippen LogP contribution in [0.25, 0.3) is 22.5 Å². The molecular weight excluding hydrogens is 396 g/mol. The number of hydrogen-bond donors (Lipinski definition) is 3. The lowest BCUT2D eigenvalue weighted by atomic mass is 9.96. The number of primary sulfonamides is 1. The van der Waals surface area contributed by atoms with Crippen molar-refractivity contribution in [3.05, 3.63) is 60.7 Å². The van der Waals surface area contributed by atoms with Gasteiger partial charge in [-0.1, -0.05) is 42.5 Å². The largest absolute Gasteiger partial charge is 0.439 e. The van der Waals surface area contributed by atoms with Crippen LogP contribution in [0.5, 0.6) is 0 Å². The monoisotopic (exact) mass is 412 g/mol. The minimum Gasteiger partial charge on any atom is -0.439 e. The van der Waals surface area contributed by atoms with E-state index in [4.69, 9.17) is 9.88 Å². The SMILES string of the molecule is C=CC1NC(=O)OC1c1ccc(-c2cccc(S(N)(=O)=O)c2-c2nn[nH]n2)cc1. The van der Waals surface area contributed by atoms with Crippen LogP contribution < -0.4 is 10.5 Å². The number of carbonyl (C=O) groups is 1. The summed E-state index contributed by atoms with van der Waals surface area (Å²) in [5.74, 6) is 0.106. The number of H-pyrrole nitrogens is 1. The predicted molar refractivity (Wildman–Crippen MR) is 103 cm³/mol. The molecule has 0 bridgehead atoms. The smallest absolute Gasteiger partial charge is 0.408 e. The van der Waals surface area contributed by atoms with Gasteiger partial charge in [0, 0.05) is 0 Å². The fraction of sp³-hybridized carbons (Fsp3) is 0.111. The lowest BCUT2D eigenvalue weighted by Gasteiger charge is -2.15. The molecule has 2 atom stereocenters. The highest BCUT2D eigenvalue weighted by Gasteiger charge is 2.33. The fourth-order valence-corrected chi connectivity index (χ4v) is 4.01. The van der Waals surface area contributed by atoms with Crippen LogP contribution in [0.1, 0.15) is 11.7 Å². The molecule has 2 unspecified atom stereocenters. The Morgan fingerprint density at radius 2 is 1.93 bits per heavy atom. The zero-order chi connectivity index (χ0) is 20.6. The maximum absolute atomic E-state index is 12.1. The molecule has 4 N–H and O–H groups in total. The van der Waals surface area contributed by atoms with E-state index in [1.807, 2.05) is 0 Å². The van der Waals surface area contributed by atoms with Crippen molar-refractivity contribution in [2.24, 2.45) is 5.14 Å². The van der Waals surface area contributed by atoms with E-state index in [9.17, 15) is 13.2 Å². The number of benzene rings is 2. The molecule has 11 heteroatoms. The molecule has 0 aliphatic carbocycles. The third-order valence-electron chi connectivity index (χ3n) is 4.55. The third-order valence-corrected chi connectivity index (χ3v) is 5.50. The first-order chi connectivity index (χ1) is 13.9. The van der Waals surface area contributed by atoms with Gasteiger partial charge in [-0.2, -0.15) is 5.21 Å². The molecule has 1 amide bonds. The Kier molecular flexibility index (Phi) is 4.60. The summed E-state index contributed by atoms with van der Waals surface area (Å²) in [6, 6.07) is 11.5. The van der Waals surface area contributed by atoms with E-state index in [2.05, 4.69) is 32.5 Å². The molecule has 3 aromatic rings. The number of aromatic amines is 1. The van der Waals surface area contributed by atoms with Crippen LogP contribution in [0.2, 0.25) is 0 Å². The van der Waals surface area contributed by atoms with Crippen molar-refractivity contribution in [3.8, 4) is 22.5 Å². The van der Waals surface area contributed by atoms with Gasteiger partial charge in [0.15, 0.2) is 6.10 Å². The maximum Gasteiger partial charge on any atom is 0.408 e. The van der Waals surface area contributed by atoms with E-state index >= 15 is 0 Å². The Bertz CT molecular complexity index is 1180. The van der Waals surface area contributed by atoms with Crippen LogP contribution in [0.3, 0.4) is 0 Å². The summed E-state index contributed by atoms with van der Waals surface area (Å²) < 4.78 is 29.5. The highest BCUT2D eigenvalue weighted by atomic mass is 32.2. The number of carbonyl (C=O) groups excluding carboxylic acids is 1. The van der Waals surface area contributed by atoms with Crippen molar-refractivity contribution < 1.29 is 17.9 Å². The maximum atomic E-state index is 12.1. The molecule has 1 fully saturated rings. The van der Waals surface area contributed by atoms with Gasteiger partial charge in [-0.15, -0.1) is 16.8 Å². The van der Waals surface area contributed by atoms with Crippen LogP contribution in [0, 0.1) is 0 Å². The zero-order valence-electron chi connectivity index (χ0n) is 14.9. The summed E-state index contributed by atoms with van der Waals surface area (Å²) in [4.78, 5) is 11.4. The minimum absolute atomic E-state index is 0.106. The number of sulfonamides is 1. The molecule has 1 saturated heterocycles. The number of tetrazole rings is 1. The summed E-state index contributed by atoms with van der Waals surface area (Å²) in [5.41, 5.74) is 2.27. The summed E-state index contributed by atoms with van der Waals surface area (Å²) in [7, 11) is -4.03. The van der Waals surface area contributed by atoms with Gasteiger partial charge in [-0.3, -0.25) is 0 Å². The first kappa shape index (κ1) is 18.8. The molecular formula is C18H16N6O4S. The number of cyclic esters (lactones) is 1. The molecule has 1 aliphatic rings. The van der Waals surface area contributed by atoms with E-state index in [-0.39, 0.29) is 22.3 Å². The highest BCUT2D eigenvalue weighted by molar-refractivity contribution is 7.89. The van der Waals surface area contributed by atoms with Gasteiger partial charge >= 0.3 is 6.09 Å². The highest BCUT2D eigenvalue weighted by Crippen LogP contribution is 2.36. The number of nitrogens with one attached hydrogen (secondary N) is 2. The lowest BCUT2D eigenvalue weighted by Crippen LogP contribution is -2.25. The summed E-state index contributed by atoms with van der Waals surface area (Å²) in [6.07, 6.45) is 0.596. The molecule has 2 aromatic carbocycles. The van der Waals surface area contributed by atoms with Crippen molar-refractivity contribution in [2.75, 3.05) is 0 Å². The second-order valence-electron chi connectivity index (χ2n) is 6.31. The van der Waals surface area contributed by atoms with E-state index in [1.54, 1.807) is 42.5 Å². The summed E-state index contributed by atoms with van der Waals surface area (Å²) in [6.45, 7) is 3.70. The van der Waals surface area contributed by atoms with E-state index < -0.39 is 22.2 Å². The van der Waals surface area contributed by atoms with Gasteiger partial charge in [0.25, 0.3) is 0 Å². The molecule has 10 nitrogen and oxygen atoms in total. The van der Waals surface area contributed by atoms with Crippen LogP contribution in [0.4, 0.5) is 4.79 Å². The van der Waals surface area contributed by atoms with Crippen LogP contribution in [-0.2, 0) is 14.8 Å². The molecule has 0 spiro atoms. The quantitative estimate of drug-likeness (QED) is 0.537. The Morgan fingerprint density at radius 1 is 1.17 bits per heavy atom. The molecule has 4 rings (SSSR count). The molecule has 0 radical (unpaired) electrons. The molecule has 148 valence electrons. The Balaban J connectivity index is 1.80. The van der Waals surface area contributed by atoms with Crippen molar-refractivity contribution in [1.29, 1.82) is 0 Å². The van der Waals surface area contributed by atoms with Crippen LogP contribution in [-0.4, -0.2) is 41.2 Å². The molecule has 1 aliphatic heterocycles. The minimum atomic E-state index is -4.03. The normalized spacial score (nSPS) is 18.9. The van der Waals surface area contributed by atoms with Gasteiger partial charge in [0.05, 0.1) is 16.5 Å². The summed E-state index contributed by atoms with van der Waals surface area (Å²) in [5, 5.41) is 21.7. The first-order valence-electron chi connectivity index (χ1n) is 8.48. The van der Waals surface area contributed by atoms with Crippen molar-refractivity contribution in [3.63, 3.8) is 0 Å². The average molecular weight is 412 g/mol. The number of alkyl carbamates (subject to hydrolysis) is 1. The van der Waals surface area contributed by atoms with Gasteiger partial charge in [-0.25, -0.2) is 18.4 Å². The topological polar surface area (TPSA) is 153 Å². The number of rotatable bonds is 5. The van der Waals surface area contributed by atoms with Crippen molar-refractivity contribution in [1.82, 2.24) is 25.9 Å². The van der Waals surface area contributed by atoms with E-state index in [1.165, 1.54) is 6.07 Å². The summed E-state index contributed by atoms with van der Waals surface area (Å²) >= 11 is 0. The van der Waals surface area contributed by atoms with E-state index in [0.717, 1.165) is 5.56 Å². The third kappa shape index (κ3) is 3.48. The number of nitrogens with zero attached hydrogens (tertiary/aromatic N) is 3. The van der Waals surface area contributed by atoms with Gasteiger partial charge in [-0.05, 0) is 28.0 Å². The Hall–Kier alpha value is -3.57. The number of hydrogen-bond acceptors (Lipinski definition) is 7. The van der Waals surface area contributed by atoms with Crippen LogP contribution in [0.15, 0.2) is 60.0 Å². The standard InChI is InChI=1S/C18H16N6O4S/c1-2-13-16(28-18(25)20-13)11-8-6-10(7-9-11)12-4-3-5-14(29(19,26)27)15(12)17-21-23-24-22-17/h2-9,13,16H,1H2,(H,20,25)(H2,19,26,27)(H,21,22,23,24). The van der Waals surface area contributed by atoms with Gasteiger partial charge < -0.3 is 10.1 Å².